The molecule has 1 aromatic rings. The molecule has 0 radical (unpaired) electrons. The zero-order chi connectivity index (χ0) is 20.9. The molecule has 1 heteroatoms. The fourth-order valence-corrected chi connectivity index (χ4v) is 6.40. The molecule has 0 aromatic heterocycles. The third-order valence-corrected chi connectivity index (χ3v) is 7.74. The van der Waals surface area contributed by atoms with Crippen LogP contribution >= 0.6 is 0 Å². The molecule has 0 bridgehead atoms. The van der Waals surface area contributed by atoms with Crippen molar-refractivity contribution in [3.8, 4) is 0 Å². The van der Waals surface area contributed by atoms with Crippen molar-refractivity contribution in [2.45, 2.75) is 98.4 Å². The number of nitrogens with zero attached hydrogens (tertiary/aromatic N) is 1. The van der Waals surface area contributed by atoms with Crippen LogP contribution in [-0.4, -0.2) is 12.1 Å². The highest BCUT2D eigenvalue weighted by Gasteiger charge is 2.55. The molecule has 3 rings (SSSR count). The summed E-state index contributed by atoms with van der Waals surface area (Å²) in [5, 5.41) is 0. The standard InChI is InChI=1S/C27H43N/c1-18(2)22-13-11-14-23(19(3)4)25(22)28-17-27(16-26(28,8)9)21(7)12-10-15-24(27)20(5)6/h11,13-14,18-20,24H,7,10,12,15-17H2,1-6,8-9H3/t24-,27?/m0/s1. The maximum absolute atomic E-state index is 4.66. The highest BCUT2D eigenvalue weighted by Crippen LogP contribution is 2.59. The number of rotatable bonds is 4. The molecule has 1 saturated heterocycles. The van der Waals surface area contributed by atoms with E-state index < -0.39 is 0 Å². The van der Waals surface area contributed by atoms with Gasteiger partial charge in [-0.25, -0.2) is 0 Å². The van der Waals surface area contributed by atoms with E-state index in [1.165, 1.54) is 48.1 Å². The van der Waals surface area contributed by atoms with Gasteiger partial charge < -0.3 is 4.90 Å². The Balaban J connectivity index is 2.15. The highest BCUT2D eigenvalue weighted by molar-refractivity contribution is 5.65. The van der Waals surface area contributed by atoms with E-state index in [2.05, 4.69) is 85.1 Å². The number of benzene rings is 1. The van der Waals surface area contributed by atoms with Crippen LogP contribution in [0.4, 0.5) is 5.69 Å². The fraction of sp³-hybridized carbons (Fsp3) is 0.704. The Morgan fingerprint density at radius 3 is 2.07 bits per heavy atom. The largest absolute Gasteiger partial charge is 0.365 e. The van der Waals surface area contributed by atoms with E-state index in [4.69, 9.17) is 0 Å². The molecule has 1 aromatic carbocycles. The molecular weight excluding hydrogens is 338 g/mol. The van der Waals surface area contributed by atoms with Crippen molar-refractivity contribution < 1.29 is 0 Å². The third-order valence-electron chi connectivity index (χ3n) is 7.74. The molecule has 1 aliphatic heterocycles. The lowest BCUT2D eigenvalue weighted by Gasteiger charge is -2.46. The van der Waals surface area contributed by atoms with Gasteiger partial charge in [0.1, 0.15) is 0 Å². The SMILES string of the molecule is C=C1CCC[C@@H](C(C)C)C12CN(c1c(C(C)C)cccc1C(C)C)C(C)(C)C2. The second-order valence-electron chi connectivity index (χ2n) is 11.2. The Hall–Kier alpha value is -1.24. The lowest BCUT2D eigenvalue weighted by atomic mass is 9.58. The number of para-hydroxylation sites is 1. The molecule has 1 nitrogen and oxygen atoms in total. The van der Waals surface area contributed by atoms with Gasteiger partial charge in [0.25, 0.3) is 0 Å². The first-order valence-electron chi connectivity index (χ1n) is 11.6. The Kier molecular flexibility index (Phi) is 5.78. The summed E-state index contributed by atoms with van der Waals surface area (Å²) in [7, 11) is 0. The van der Waals surface area contributed by atoms with Crippen LogP contribution < -0.4 is 4.90 Å². The van der Waals surface area contributed by atoms with Crippen LogP contribution in [0.3, 0.4) is 0 Å². The zero-order valence-corrected chi connectivity index (χ0v) is 19.7. The molecule has 156 valence electrons. The van der Waals surface area contributed by atoms with Crippen LogP contribution in [0.25, 0.3) is 0 Å². The minimum Gasteiger partial charge on any atom is -0.365 e. The van der Waals surface area contributed by atoms with Gasteiger partial charge in [-0.1, -0.05) is 71.9 Å². The van der Waals surface area contributed by atoms with Crippen molar-refractivity contribution in [1.29, 1.82) is 0 Å². The second-order valence-corrected chi connectivity index (χ2v) is 11.2. The van der Waals surface area contributed by atoms with Crippen LogP contribution in [0.15, 0.2) is 30.4 Å². The number of hydrogen-bond acceptors (Lipinski definition) is 1. The first-order valence-corrected chi connectivity index (χ1v) is 11.6. The van der Waals surface area contributed by atoms with Gasteiger partial charge in [-0.2, -0.15) is 0 Å². The summed E-state index contributed by atoms with van der Waals surface area (Å²) in [5.41, 5.74) is 6.50. The normalized spacial score (nSPS) is 27.6. The summed E-state index contributed by atoms with van der Waals surface area (Å²) >= 11 is 0. The molecule has 0 N–H and O–H groups in total. The average Bonchev–Trinajstić information content (AvgIpc) is 2.88. The molecule has 1 heterocycles. The predicted octanol–water partition coefficient (Wildman–Crippen LogP) is 7.92. The van der Waals surface area contributed by atoms with E-state index in [-0.39, 0.29) is 11.0 Å². The van der Waals surface area contributed by atoms with Crippen molar-refractivity contribution in [3.63, 3.8) is 0 Å². The molecule has 1 spiro atoms. The van der Waals surface area contributed by atoms with E-state index in [0.717, 1.165) is 18.4 Å². The Morgan fingerprint density at radius 2 is 1.57 bits per heavy atom. The maximum Gasteiger partial charge on any atom is 0.0441 e. The summed E-state index contributed by atoms with van der Waals surface area (Å²) in [5.74, 6) is 2.55. The molecule has 1 aliphatic carbocycles. The van der Waals surface area contributed by atoms with Crippen molar-refractivity contribution in [2.75, 3.05) is 11.4 Å². The number of hydrogen-bond donors (Lipinski definition) is 0. The van der Waals surface area contributed by atoms with E-state index >= 15 is 0 Å². The summed E-state index contributed by atoms with van der Waals surface area (Å²) in [6.07, 6.45) is 5.15. The molecular formula is C27H43N. The van der Waals surface area contributed by atoms with Crippen LogP contribution in [0, 0.1) is 17.3 Å². The van der Waals surface area contributed by atoms with Gasteiger partial charge in [0.2, 0.25) is 0 Å². The lowest BCUT2D eigenvalue weighted by Crippen LogP contribution is -2.42. The molecule has 28 heavy (non-hydrogen) atoms. The molecule has 0 amide bonds. The molecule has 1 unspecified atom stereocenters. The van der Waals surface area contributed by atoms with Crippen molar-refractivity contribution in [2.24, 2.45) is 17.3 Å². The van der Waals surface area contributed by atoms with E-state index in [1.54, 1.807) is 0 Å². The molecule has 2 atom stereocenters. The third kappa shape index (κ3) is 3.44. The second kappa shape index (κ2) is 7.54. The van der Waals surface area contributed by atoms with E-state index in [0.29, 0.717) is 11.8 Å². The van der Waals surface area contributed by atoms with Gasteiger partial charge in [-0.15, -0.1) is 0 Å². The lowest BCUT2D eigenvalue weighted by molar-refractivity contribution is 0.127. The average molecular weight is 382 g/mol. The van der Waals surface area contributed by atoms with Gasteiger partial charge in [0, 0.05) is 23.2 Å². The summed E-state index contributed by atoms with van der Waals surface area (Å²) in [4.78, 5) is 2.80. The monoisotopic (exact) mass is 381 g/mol. The first kappa shape index (κ1) is 21.5. The maximum atomic E-state index is 4.66. The van der Waals surface area contributed by atoms with E-state index in [1.807, 2.05) is 0 Å². The molecule has 2 aliphatic rings. The van der Waals surface area contributed by atoms with Gasteiger partial charge in [0.15, 0.2) is 0 Å². The van der Waals surface area contributed by atoms with Gasteiger partial charge in [0.05, 0.1) is 0 Å². The summed E-state index contributed by atoms with van der Waals surface area (Å²) in [6, 6.07) is 6.99. The topological polar surface area (TPSA) is 3.24 Å². The summed E-state index contributed by atoms with van der Waals surface area (Å²) in [6.45, 7) is 25.0. The molecule has 1 saturated carbocycles. The van der Waals surface area contributed by atoms with Crippen molar-refractivity contribution >= 4 is 5.69 Å². The smallest absolute Gasteiger partial charge is 0.0441 e. The van der Waals surface area contributed by atoms with Crippen molar-refractivity contribution in [3.05, 3.63) is 41.5 Å². The quantitative estimate of drug-likeness (QED) is 0.479. The van der Waals surface area contributed by atoms with Gasteiger partial charge in [-0.05, 0) is 74.3 Å². The van der Waals surface area contributed by atoms with E-state index in [9.17, 15) is 0 Å². The van der Waals surface area contributed by atoms with Crippen LogP contribution in [0.5, 0.6) is 0 Å². The zero-order valence-electron chi connectivity index (χ0n) is 19.7. The van der Waals surface area contributed by atoms with Gasteiger partial charge in [-0.3, -0.25) is 0 Å². The first-order chi connectivity index (χ1) is 13.0. The number of anilines is 1. The highest BCUT2D eigenvalue weighted by atomic mass is 15.2. The minimum atomic E-state index is 0.155. The van der Waals surface area contributed by atoms with Crippen LogP contribution in [0.1, 0.15) is 104 Å². The Labute approximate surface area is 174 Å². The Morgan fingerprint density at radius 1 is 1.00 bits per heavy atom. The van der Waals surface area contributed by atoms with Gasteiger partial charge >= 0.3 is 0 Å². The Bertz CT molecular complexity index is 698. The fourth-order valence-electron chi connectivity index (χ4n) is 6.40. The predicted molar refractivity (Wildman–Crippen MR) is 124 cm³/mol. The van der Waals surface area contributed by atoms with Crippen molar-refractivity contribution in [1.82, 2.24) is 0 Å². The minimum absolute atomic E-state index is 0.155. The van der Waals surface area contributed by atoms with Crippen LogP contribution in [0.2, 0.25) is 0 Å². The summed E-state index contributed by atoms with van der Waals surface area (Å²) < 4.78 is 0. The molecule has 2 fully saturated rings. The van der Waals surface area contributed by atoms with Crippen LogP contribution in [-0.2, 0) is 0 Å².